The average Bonchev–Trinajstić information content (AvgIpc) is 2.96. The zero-order chi connectivity index (χ0) is 15.3. The van der Waals surface area contributed by atoms with Crippen LogP contribution >= 0.6 is 0 Å². The lowest BCUT2D eigenvalue weighted by Crippen LogP contribution is -2.46. The van der Waals surface area contributed by atoms with Crippen molar-refractivity contribution < 1.29 is 18.3 Å². The third kappa shape index (κ3) is 2.40. The zero-order valence-corrected chi connectivity index (χ0v) is 11.8. The highest BCUT2D eigenvalue weighted by molar-refractivity contribution is 5.03. The molecule has 0 aromatic rings. The monoisotopic (exact) mass is 303 g/mol. The first-order chi connectivity index (χ1) is 9.86. The van der Waals surface area contributed by atoms with Gasteiger partial charge < -0.3 is 5.11 Å². The van der Waals surface area contributed by atoms with E-state index in [2.05, 4.69) is 10.0 Å². The van der Waals surface area contributed by atoms with E-state index < -0.39 is 18.3 Å². The Kier molecular flexibility index (Phi) is 3.61. The minimum atomic E-state index is -4.91. The Labute approximate surface area is 121 Å². The van der Waals surface area contributed by atoms with E-state index in [4.69, 9.17) is 5.53 Å². The number of alkyl halides is 3. The summed E-state index contributed by atoms with van der Waals surface area (Å²) in [6, 6.07) is 0. The molecule has 0 amide bonds. The zero-order valence-electron chi connectivity index (χ0n) is 11.8. The molecule has 0 aliphatic heterocycles. The van der Waals surface area contributed by atoms with Crippen molar-refractivity contribution in [3.05, 3.63) is 10.4 Å². The molecule has 0 spiro atoms. The summed E-state index contributed by atoms with van der Waals surface area (Å²) in [5.74, 6) is 1.80. The molecule has 0 radical (unpaired) electrons. The summed E-state index contributed by atoms with van der Waals surface area (Å²) in [6.07, 6.45) is 1.05. The van der Waals surface area contributed by atoms with Crippen LogP contribution in [-0.4, -0.2) is 17.0 Å². The van der Waals surface area contributed by atoms with Crippen molar-refractivity contribution in [1.29, 1.82) is 0 Å². The molecular formula is C14H20F3N3O. The van der Waals surface area contributed by atoms with Crippen molar-refractivity contribution in [2.75, 3.05) is 0 Å². The summed E-state index contributed by atoms with van der Waals surface area (Å²) >= 11 is 0. The maximum atomic E-state index is 13.0. The minimum Gasteiger partial charge on any atom is -0.376 e. The number of hydrogen-bond acceptors (Lipinski definition) is 2. The second kappa shape index (κ2) is 5.06. The van der Waals surface area contributed by atoms with Crippen LogP contribution in [0, 0.1) is 29.6 Å². The standard InChI is InChI=1S/C14H20F3N3O/c15-14(16,17)13(21,19-20-18)7-9-5-8-6-12(9)11-4-2-1-3-10(8)11/h8-12,21H,1-7H2. The van der Waals surface area contributed by atoms with Crippen molar-refractivity contribution in [2.24, 2.45) is 34.7 Å². The van der Waals surface area contributed by atoms with Gasteiger partial charge in [0.1, 0.15) is 0 Å². The summed E-state index contributed by atoms with van der Waals surface area (Å²) in [5.41, 5.74) is 5.11. The third-order valence-corrected chi connectivity index (χ3v) is 6.03. The van der Waals surface area contributed by atoms with Gasteiger partial charge in [0.15, 0.2) is 0 Å². The van der Waals surface area contributed by atoms with Crippen LogP contribution in [-0.2, 0) is 0 Å². The molecule has 6 atom stereocenters. The number of halogens is 3. The number of aliphatic hydroxyl groups is 1. The molecular weight excluding hydrogens is 283 g/mol. The van der Waals surface area contributed by atoms with Crippen molar-refractivity contribution in [3.63, 3.8) is 0 Å². The molecule has 3 rings (SSSR count). The van der Waals surface area contributed by atoms with E-state index in [0.29, 0.717) is 17.8 Å². The SMILES string of the molecule is [N-]=[N+]=NC(O)(CC1CC2CC1C1CCCCC21)C(F)(F)F. The highest BCUT2D eigenvalue weighted by Gasteiger charge is 2.59. The van der Waals surface area contributed by atoms with E-state index in [-0.39, 0.29) is 11.8 Å². The fraction of sp³-hybridized carbons (Fsp3) is 1.00. The average molecular weight is 303 g/mol. The number of azide groups is 1. The van der Waals surface area contributed by atoms with Gasteiger partial charge in [0.25, 0.3) is 0 Å². The maximum Gasteiger partial charge on any atom is 0.423 e. The van der Waals surface area contributed by atoms with E-state index >= 15 is 0 Å². The van der Waals surface area contributed by atoms with Gasteiger partial charge in [-0.3, -0.25) is 0 Å². The van der Waals surface area contributed by atoms with Gasteiger partial charge in [-0.05, 0) is 72.3 Å². The molecule has 7 heteroatoms. The van der Waals surface area contributed by atoms with Gasteiger partial charge in [-0.15, -0.1) is 0 Å². The van der Waals surface area contributed by atoms with Gasteiger partial charge >= 0.3 is 6.18 Å². The molecule has 1 N–H and O–H groups in total. The molecule has 21 heavy (non-hydrogen) atoms. The lowest BCUT2D eigenvalue weighted by Gasteiger charge is -2.41. The number of fused-ring (bicyclic) bond motifs is 5. The van der Waals surface area contributed by atoms with Crippen LogP contribution in [0.3, 0.4) is 0 Å². The van der Waals surface area contributed by atoms with Crippen LogP contribution < -0.4 is 0 Å². The van der Waals surface area contributed by atoms with Gasteiger partial charge in [-0.2, -0.15) is 13.2 Å². The summed E-state index contributed by atoms with van der Waals surface area (Å²) in [4.78, 5) is 2.21. The van der Waals surface area contributed by atoms with Crippen molar-refractivity contribution in [1.82, 2.24) is 0 Å². The predicted octanol–water partition coefficient (Wildman–Crippen LogP) is 4.40. The van der Waals surface area contributed by atoms with E-state index in [9.17, 15) is 18.3 Å². The number of rotatable bonds is 3. The molecule has 0 heterocycles. The normalized spacial score (nSPS) is 41.2. The molecule has 3 saturated carbocycles. The lowest BCUT2D eigenvalue weighted by atomic mass is 9.66. The predicted molar refractivity (Wildman–Crippen MR) is 69.9 cm³/mol. The van der Waals surface area contributed by atoms with Crippen molar-refractivity contribution >= 4 is 0 Å². The van der Waals surface area contributed by atoms with Gasteiger partial charge in [0.05, 0.1) is 0 Å². The quantitative estimate of drug-likeness (QED) is 0.468. The fourth-order valence-electron chi connectivity index (χ4n) is 5.27. The second-order valence-electron chi connectivity index (χ2n) is 6.98. The Hall–Kier alpha value is -0.940. The summed E-state index contributed by atoms with van der Waals surface area (Å²) in [7, 11) is 0. The highest BCUT2D eigenvalue weighted by atomic mass is 19.4. The summed E-state index contributed by atoms with van der Waals surface area (Å²) < 4.78 is 39.0. The molecule has 3 aliphatic carbocycles. The van der Waals surface area contributed by atoms with Gasteiger partial charge in [0, 0.05) is 4.91 Å². The van der Waals surface area contributed by atoms with Crippen LogP contribution in [0.4, 0.5) is 13.2 Å². The Morgan fingerprint density at radius 2 is 1.76 bits per heavy atom. The Balaban J connectivity index is 1.76. The maximum absolute atomic E-state index is 13.0. The Bertz CT molecular complexity index is 463. The molecule has 2 bridgehead atoms. The van der Waals surface area contributed by atoms with Crippen LogP contribution in [0.2, 0.25) is 0 Å². The second-order valence-corrected chi connectivity index (χ2v) is 6.98. The summed E-state index contributed by atoms with van der Waals surface area (Å²) in [5, 5.41) is 12.5. The molecule has 3 aliphatic rings. The van der Waals surface area contributed by atoms with E-state index in [1.807, 2.05) is 0 Å². The fourth-order valence-corrected chi connectivity index (χ4v) is 5.27. The first-order valence-electron chi connectivity index (χ1n) is 7.71. The van der Waals surface area contributed by atoms with Crippen LogP contribution in [0.25, 0.3) is 10.4 Å². The van der Waals surface area contributed by atoms with Crippen LogP contribution in [0.15, 0.2) is 5.11 Å². The van der Waals surface area contributed by atoms with Crippen molar-refractivity contribution in [2.45, 2.75) is 56.8 Å². The largest absolute Gasteiger partial charge is 0.423 e. The van der Waals surface area contributed by atoms with E-state index in [1.54, 1.807) is 0 Å². The van der Waals surface area contributed by atoms with Gasteiger partial charge in [0.2, 0.25) is 5.72 Å². The molecule has 6 unspecified atom stereocenters. The van der Waals surface area contributed by atoms with Gasteiger partial charge in [-0.25, -0.2) is 0 Å². The van der Waals surface area contributed by atoms with Crippen LogP contribution in [0.5, 0.6) is 0 Å². The Morgan fingerprint density at radius 3 is 2.38 bits per heavy atom. The number of hydrogen-bond donors (Lipinski definition) is 1. The van der Waals surface area contributed by atoms with E-state index in [0.717, 1.165) is 25.7 Å². The lowest BCUT2D eigenvalue weighted by molar-refractivity contribution is -0.265. The first-order valence-corrected chi connectivity index (χ1v) is 7.71. The molecule has 0 aromatic carbocycles. The van der Waals surface area contributed by atoms with Gasteiger partial charge in [-0.1, -0.05) is 12.8 Å². The molecule has 118 valence electrons. The molecule has 0 aromatic heterocycles. The number of nitrogens with zero attached hydrogens (tertiary/aromatic N) is 3. The van der Waals surface area contributed by atoms with Crippen molar-refractivity contribution in [3.8, 4) is 0 Å². The molecule has 0 saturated heterocycles. The summed E-state index contributed by atoms with van der Waals surface area (Å²) in [6.45, 7) is 0. The Morgan fingerprint density at radius 1 is 1.10 bits per heavy atom. The molecule has 3 fully saturated rings. The molecule has 4 nitrogen and oxygen atoms in total. The first kappa shape index (κ1) is 15.0. The third-order valence-electron chi connectivity index (χ3n) is 6.03. The minimum absolute atomic E-state index is 0.175. The highest BCUT2D eigenvalue weighted by Crippen LogP contribution is 2.61. The van der Waals surface area contributed by atoms with E-state index in [1.165, 1.54) is 12.8 Å². The smallest absolute Gasteiger partial charge is 0.376 e. The topological polar surface area (TPSA) is 69.0 Å². The van der Waals surface area contributed by atoms with Crippen LogP contribution in [0.1, 0.15) is 44.9 Å².